The van der Waals surface area contributed by atoms with Crippen LogP contribution in [0.25, 0.3) is 0 Å². The summed E-state index contributed by atoms with van der Waals surface area (Å²) in [5, 5.41) is 9.42. The second-order valence-corrected chi connectivity index (χ2v) is 8.53. The average molecular weight is 325 g/mol. The first-order valence-corrected chi connectivity index (χ1v) is 8.98. The molecule has 0 bridgehead atoms. The number of hydrogen-bond acceptors (Lipinski definition) is 5. The number of rotatable bonds is 6. The summed E-state index contributed by atoms with van der Waals surface area (Å²) in [6.07, 6.45) is 2.15. The lowest BCUT2D eigenvalue weighted by Crippen LogP contribution is -2.24. The monoisotopic (exact) mass is 324 g/mol. The predicted octanol–water partition coefficient (Wildman–Crippen LogP) is 4.44. The highest BCUT2D eigenvalue weighted by atomic mass is 32.1. The van der Waals surface area contributed by atoms with Crippen LogP contribution in [0.1, 0.15) is 61.7 Å². The van der Waals surface area contributed by atoms with Crippen LogP contribution in [0.4, 0.5) is 0 Å². The van der Waals surface area contributed by atoms with Crippen molar-refractivity contribution >= 4 is 22.7 Å². The molecule has 0 atom stereocenters. The molecule has 0 aliphatic heterocycles. The molecule has 0 aromatic carbocycles. The normalized spacial score (nSPS) is 12.9. The van der Waals surface area contributed by atoms with Crippen molar-refractivity contribution in [3.05, 3.63) is 32.2 Å². The Morgan fingerprint density at radius 3 is 2.00 bits per heavy atom. The smallest absolute Gasteiger partial charge is 0.0864 e. The van der Waals surface area contributed by atoms with Gasteiger partial charge in [-0.1, -0.05) is 27.7 Å². The van der Waals surface area contributed by atoms with Crippen molar-refractivity contribution in [1.29, 1.82) is 0 Å². The summed E-state index contributed by atoms with van der Waals surface area (Å²) in [5.74, 6) is 0. The fourth-order valence-electron chi connectivity index (χ4n) is 2.74. The van der Waals surface area contributed by atoms with Crippen LogP contribution in [-0.4, -0.2) is 15.1 Å². The molecule has 0 aliphatic carbocycles. The Hall–Kier alpha value is -0.780. The van der Waals surface area contributed by atoms with Gasteiger partial charge in [0.1, 0.15) is 0 Å². The zero-order valence-corrected chi connectivity index (χ0v) is 15.1. The summed E-state index contributed by atoms with van der Waals surface area (Å²) in [4.78, 5) is 11.2. The van der Waals surface area contributed by atoms with Gasteiger partial charge in [0.25, 0.3) is 0 Å². The highest BCUT2D eigenvalue weighted by molar-refractivity contribution is 7.10. The highest BCUT2D eigenvalue weighted by Gasteiger charge is 2.31. The molecule has 2 heterocycles. The van der Waals surface area contributed by atoms with Crippen molar-refractivity contribution in [3.8, 4) is 0 Å². The van der Waals surface area contributed by atoms with E-state index in [1.54, 1.807) is 22.7 Å². The largest absolute Gasteiger partial charge is 0.390 e. The molecule has 0 amide bonds. The number of hydrogen-bond donors (Lipinski definition) is 1. The Balaban J connectivity index is 2.13. The van der Waals surface area contributed by atoms with E-state index in [2.05, 4.69) is 44.6 Å². The van der Waals surface area contributed by atoms with Gasteiger partial charge in [-0.25, -0.2) is 9.97 Å². The van der Waals surface area contributed by atoms with Crippen LogP contribution in [0.5, 0.6) is 0 Å². The Labute approximate surface area is 135 Å². The van der Waals surface area contributed by atoms with Crippen molar-refractivity contribution in [2.24, 2.45) is 0 Å². The van der Waals surface area contributed by atoms with E-state index < -0.39 is 0 Å². The highest BCUT2D eigenvalue weighted by Crippen LogP contribution is 2.40. The first-order chi connectivity index (χ1) is 9.78. The van der Waals surface area contributed by atoms with Gasteiger partial charge in [0.2, 0.25) is 0 Å². The Morgan fingerprint density at radius 2 is 1.48 bits per heavy atom. The first kappa shape index (κ1) is 16.6. The maximum Gasteiger partial charge on any atom is 0.0864 e. The van der Waals surface area contributed by atoms with Crippen LogP contribution in [-0.2, 0) is 17.4 Å². The van der Waals surface area contributed by atoms with E-state index in [-0.39, 0.29) is 17.4 Å². The van der Waals surface area contributed by atoms with E-state index >= 15 is 0 Å². The first-order valence-electron chi connectivity index (χ1n) is 7.22. The quantitative estimate of drug-likeness (QED) is 0.854. The molecule has 0 aliphatic rings. The molecule has 5 heteroatoms. The molecule has 2 aromatic rings. The van der Waals surface area contributed by atoms with Gasteiger partial charge in [-0.3, -0.25) is 0 Å². The third-order valence-electron chi connectivity index (χ3n) is 4.14. The van der Waals surface area contributed by atoms with Crippen LogP contribution >= 0.6 is 22.7 Å². The van der Waals surface area contributed by atoms with Gasteiger partial charge in [-0.15, -0.1) is 22.7 Å². The summed E-state index contributed by atoms with van der Waals surface area (Å²) < 4.78 is 0. The Morgan fingerprint density at radius 1 is 0.952 bits per heavy atom. The SMILES string of the molecule is Cc1ncsc1C(C)(C)CCC(C)(C)c1scnc1CO. The second kappa shape index (κ2) is 6.15. The lowest BCUT2D eigenvalue weighted by atomic mass is 9.77. The van der Waals surface area contributed by atoms with E-state index in [0.29, 0.717) is 0 Å². The van der Waals surface area contributed by atoms with Gasteiger partial charge in [-0.2, -0.15) is 0 Å². The summed E-state index contributed by atoms with van der Waals surface area (Å²) in [6, 6.07) is 0. The van der Waals surface area contributed by atoms with E-state index in [9.17, 15) is 5.11 Å². The zero-order valence-electron chi connectivity index (χ0n) is 13.4. The maximum absolute atomic E-state index is 9.42. The molecule has 2 rings (SSSR count). The minimum absolute atomic E-state index is 0.0274. The van der Waals surface area contributed by atoms with E-state index in [4.69, 9.17) is 0 Å². The maximum atomic E-state index is 9.42. The van der Waals surface area contributed by atoms with Gasteiger partial charge in [0.15, 0.2) is 0 Å². The minimum Gasteiger partial charge on any atom is -0.390 e. The standard InChI is InChI=1S/C16H24N2OS2/c1-11-13(20-9-17-11)15(2,3)6-7-16(4,5)14-12(8-19)18-10-21-14/h9-10,19H,6-8H2,1-5H3. The summed E-state index contributed by atoms with van der Waals surface area (Å²) in [6.45, 7) is 11.2. The molecule has 3 nitrogen and oxygen atoms in total. The van der Waals surface area contributed by atoms with Crippen molar-refractivity contribution in [1.82, 2.24) is 9.97 Å². The molecule has 0 fully saturated rings. The Kier molecular flexibility index (Phi) is 4.85. The fraction of sp³-hybridized carbons (Fsp3) is 0.625. The second-order valence-electron chi connectivity index (χ2n) is 6.82. The van der Waals surface area contributed by atoms with Crippen LogP contribution in [0.3, 0.4) is 0 Å². The molecule has 0 unspecified atom stereocenters. The van der Waals surface area contributed by atoms with Gasteiger partial charge in [-0.05, 0) is 19.8 Å². The van der Waals surface area contributed by atoms with Gasteiger partial charge in [0, 0.05) is 20.6 Å². The minimum atomic E-state index is 0.0274. The van der Waals surface area contributed by atoms with Gasteiger partial charge < -0.3 is 5.11 Å². The molecule has 0 saturated carbocycles. The lowest BCUT2D eigenvalue weighted by Gasteiger charge is -2.30. The number of nitrogens with zero attached hydrogens (tertiary/aromatic N) is 2. The van der Waals surface area contributed by atoms with E-state index in [1.165, 1.54) is 9.75 Å². The van der Waals surface area contributed by atoms with Gasteiger partial charge in [0.05, 0.1) is 29.0 Å². The molecule has 0 spiro atoms. The number of aryl methyl sites for hydroxylation is 1. The topological polar surface area (TPSA) is 46.0 Å². The summed E-state index contributed by atoms with van der Waals surface area (Å²) in [7, 11) is 0. The van der Waals surface area contributed by atoms with Crippen LogP contribution in [0.15, 0.2) is 11.0 Å². The molecule has 1 N–H and O–H groups in total. The molecule has 21 heavy (non-hydrogen) atoms. The van der Waals surface area contributed by atoms with E-state index in [0.717, 1.165) is 24.2 Å². The van der Waals surface area contributed by atoms with Crippen molar-refractivity contribution in [3.63, 3.8) is 0 Å². The third-order valence-corrected chi connectivity index (χ3v) is 6.67. The van der Waals surface area contributed by atoms with Crippen molar-refractivity contribution in [2.45, 2.75) is 64.9 Å². The van der Waals surface area contributed by atoms with Crippen LogP contribution in [0.2, 0.25) is 0 Å². The zero-order chi connectivity index (χ0) is 15.7. The molecular formula is C16H24N2OS2. The van der Waals surface area contributed by atoms with Gasteiger partial charge >= 0.3 is 0 Å². The molecule has 0 radical (unpaired) electrons. The number of aliphatic hydroxyl groups is 1. The van der Waals surface area contributed by atoms with Crippen LogP contribution in [0, 0.1) is 6.92 Å². The molecule has 116 valence electrons. The third kappa shape index (κ3) is 3.52. The van der Waals surface area contributed by atoms with Crippen molar-refractivity contribution in [2.75, 3.05) is 0 Å². The number of thiazole rings is 2. The van der Waals surface area contributed by atoms with Crippen LogP contribution < -0.4 is 0 Å². The fourth-order valence-corrected chi connectivity index (χ4v) is 4.66. The van der Waals surface area contributed by atoms with E-state index in [1.807, 2.05) is 11.0 Å². The Bertz CT molecular complexity index is 599. The number of aliphatic hydroxyl groups excluding tert-OH is 1. The summed E-state index contributed by atoms with van der Waals surface area (Å²) in [5.41, 5.74) is 5.92. The van der Waals surface area contributed by atoms with Crippen molar-refractivity contribution < 1.29 is 5.11 Å². The predicted molar refractivity (Wildman–Crippen MR) is 90.2 cm³/mol. The molecular weight excluding hydrogens is 300 g/mol. The number of aromatic nitrogens is 2. The lowest BCUT2D eigenvalue weighted by molar-refractivity contribution is 0.272. The molecule has 2 aromatic heterocycles. The average Bonchev–Trinajstić information content (AvgIpc) is 3.05. The summed E-state index contributed by atoms with van der Waals surface area (Å²) >= 11 is 3.40. The molecule has 0 saturated heterocycles.